The molecule has 1 aliphatic rings. The summed E-state index contributed by atoms with van der Waals surface area (Å²) < 4.78 is 12.9. The van der Waals surface area contributed by atoms with Gasteiger partial charge in [0, 0.05) is 11.4 Å². The zero-order chi connectivity index (χ0) is 24.2. The number of carbonyl (C=O) groups excluding carboxylic acids is 2. The number of amides is 1. The van der Waals surface area contributed by atoms with E-state index in [-0.39, 0.29) is 17.8 Å². The highest BCUT2D eigenvalue weighted by molar-refractivity contribution is 7.99. The van der Waals surface area contributed by atoms with Crippen molar-refractivity contribution in [3.8, 4) is 5.75 Å². The first-order chi connectivity index (χ1) is 16.4. The van der Waals surface area contributed by atoms with Crippen LogP contribution in [-0.2, 0) is 28.9 Å². The van der Waals surface area contributed by atoms with Gasteiger partial charge in [-0.15, -0.1) is 21.5 Å². The van der Waals surface area contributed by atoms with E-state index in [4.69, 9.17) is 9.47 Å². The minimum absolute atomic E-state index is 0.147. The van der Waals surface area contributed by atoms with Crippen LogP contribution in [-0.4, -0.2) is 39.5 Å². The maximum atomic E-state index is 12.7. The first kappa shape index (κ1) is 24.3. The Balaban J connectivity index is 1.41. The Morgan fingerprint density at radius 1 is 1.24 bits per heavy atom. The quantitative estimate of drug-likeness (QED) is 0.333. The summed E-state index contributed by atoms with van der Waals surface area (Å²) in [6.45, 7) is 6.62. The maximum Gasteiger partial charge on any atom is 0.341 e. The van der Waals surface area contributed by atoms with Crippen LogP contribution in [0, 0.1) is 6.92 Å². The second-order valence-electron chi connectivity index (χ2n) is 8.05. The molecule has 1 aromatic carbocycles. The van der Waals surface area contributed by atoms with Gasteiger partial charge in [-0.05, 0) is 57.7 Å². The lowest BCUT2D eigenvalue weighted by Crippen LogP contribution is -2.17. The zero-order valence-electron chi connectivity index (χ0n) is 19.7. The molecule has 1 N–H and O–H groups in total. The van der Waals surface area contributed by atoms with Gasteiger partial charge in [0.1, 0.15) is 10.8 Å². The maximum absolute atomic E-state index is 12.7. The van der Waals surface area contributed by atoms with Crippen molar-refractivity contribution in [2.45, 2.75) is 57.8 Å². The van der Waals surface area contributed by atoms with Crippen LogP contribution in [0.15, 0.2) is 29.4 Å². The van der Waals surface area contributed by atoms with E-state index in [0.717, 1.165) is 35.5 Å². The predicted octanol–water partition coefficient (Wildman–Crippen LogP) is 4.81. The average molecular weight is 501 g/mol. The second-order valence-corrected chi connectivity index (χ2v) is 10.1. The van der Waals surface area contributed by atoms with Gasteiger partial charge in [-0.1, -0.05) is 29.5 Å². The van der Waals surface area contributed by atoms with Gasteiger partial charge in [-0.25, -0.2) is 4.79 Å². The first-order valence-corrected chi connectivity index (χ1v) is 13.0. The molecule has 8 nitrogen and oxygen atoms in total. The smallest absolute Gasteiger partial charge is 0.341 e. The summed E-state index contributed by atoms with van der Waals surface area (Å²) in [6.07, 6.45) is 2.50. The second kappa shape index (κ2) is 10.6. The molecule has 1 aliphatic carbocycles. The number of anilines is 1. The third-order valence-corrected chi connectivity index (χ3v) is 7.83. The number of hydrogen-bond acceptors (Lipinski definition) is 8. The van der Waals surface area contributed by atoms with Crippen molar-refractivity contribution >= 4 is 40.0 Å². The molecule has 0 bridgehead atoms. The van der Waals surface area contributed by atoms with Crippen LogP contribution < -0.4 is 10.1 Å². The normalized spacial score (nSPS) is 13.4. The third-order valence-electron chi connectivity index (χ3n) is 5.66. The van der Waals surface area contributed by atoms with Crippen molar-refractivity contribution in [1.29, 1.82) is 0 Å². The van der Waals surface area contributed by atoms with Crippen LogP contribution in [0.4, 0.5) is 5.00 Å². The number of nitrogens with one attached hydrogen (secondary N) is 1. The fourth-order valence-corrected chi connectivity index (χ4v) is 6.08. The Hall–Kier alpha value is -2.85. The Labute approximate surface area is 207 Å². The molecule has 180 valence electrons. The van der Waals surface area contributed by atoms with Crippen LogP contribution in [0.25, 0.3) is 0 Å². The number of esters is 1. The highest BCUT2D eigenvalue weighted by Crippen LogP contribution is 2.39. The number of rotatable bonds is 9. The van der Waals surface area contributed by atoms with E-state index in [1.54, 1.807) is 0 Å². The van der Waals surface area contributed by atoms with Crippen LogP contribution >= 0.6 is 23.1 Å². The van der Waals surface area contributed by atoms with E-state index in [2.05, 4.69) is 15.5 Å². The highest BCUT2D eigenvalue weighted by Gasteiger charge is 2.28. The molecular weight excluding hydrogens is 472 g/mol. The molecule has 0 saturated heterocycles. The summed E-state index contributed by atoms with van der Waals surface area (Å²) >= 11 is 2.77. The summed E-state index contributed by atoms with van der Waals surface area (Å²) in [5.74, 6) is 1.01. The topological polar surface area (TPSA) is 95.3 Å². The summed E-state index contributed by atoms with van der Waals surface area (Å²) in [5, 5.41) is 12.7. The van der Waals surface area contributed by atoms with E-state index < -0.39 is 5.97 Å². The van der Waals surface area contributed by atoms with E-state index in [9.17, 15) is 9.59 Å². The SMILES string of the molecule is CCn1c(SCC(=O)Nc2sc3c(c2C(=O)OC)CCC3)nnc1C(C)Oc1ccc(C)cc1. The van der Waals surface area contributed by atoms with Crippen molar-refractivity contribution in [2.24, 2.45) is 0 Å². The molecule has 0 spiro atoms. The molecule has 34 heavy (non-hydrogen) atoms. The molecule has 0 aliphatic heterocycles. The molecule has 0 saturated carbocycles. The number of carbonyl (C=O) groups is 2. The largest absolute Gasteiger partial charge is 0.483 e. The number of aromatic nitrogens is 3. The summed E-state index contributed by atoms with van der Waals surface area (Å²) in [6, 6.07) is 7.86. The predicted molar refractivity (Wildman–Crippen MR) is 133 cm³/mol. The molecule has 0 radical (unpaired) electrons. The van der Waals surface area contributed by atoms with Crippen molar-refractivity contribution in [2.75, 3.05) is 18.2 Å². The first-order valence-electron chi connectivity index (χ1n) is 11.2. The van der Waals surface area contributed by atoms with Crippen LogP contribution in [0.2, 0.25) is 0 Å². The Kier molecular flexibility index (Phi) is 7.57. The van der Waals surface area contributed by atoms with Crippen LogP contribution in [0.1, 0.15) is 58.6 Å². The van der Waals surface area contributed by atoms with Crippen LogP contribution in [0.3, 0.4) is 0 Å². The molecule has 2 aromatic heterocycles. The standard InChI is InChI=1S/C24H28N4O4S2/c1-5-28-21(15(3)32-16-11-9-14(2)10-12-16)26-27-24(28)33-13-19(29)25-22-20(23(30)31-4)17-7-6-8-18(17)34-22/h9-12,15H,5-8,13H2,1-4H3,(H,25,29). The van der Waals surface area contributed by atoms with Crippen molar-refractivity contribution in [3.05, 3.63) is 51.7 Å². The van der Waals surface area contributed by atoms with Gasteiger partial charge >= 0.3 is 5.97 Å². The fourth-order valence-electron chi connectivity index (χ4n) is 3.98. The molecule has 3 aromatic rings. The van der Waals surface area contributed by atoms with E-state index >= 15 is 0 Å². The zero-order valence-corrected chi connectivity index (χ0v) is 21.3. The summed E-state index contributed by atoms with van der Waals surface area (Å²) in [7, 11) is 1.36. The average Bonchev–Trinajstić information content (AvgIpc) is 3.52. The third kappa shape index (κ3) is 5.12. The number of nitrogens with zero attached hydrogens (tertiary/aromatic N) is 3. The van der Waals surface area contributed by atoms with Gasteiger partial charge in [0.15, 0.2) is 17.1 Å². The number of methoxy groups -OCH3 is 1. The summed E-state index contributed by atoms with van der Waals surface area (Å²) in [4.78, 5) is 26.2. The molecular formula is C24H28N4O4S2. The number of aryl methyl sites for hydroxylation is 2. The number of fused-ring (bicyclic) bond motifs is 1. The number of benzene rings is 1. The molecule has 0 fully saturated rings. The van der Waals surface area contributed by atoms with Gasteiger partial charge < -0.3 is 19.4 Å². The Morgan fingerprint density at radius 3 is 2.71 bits per heavy atom. The lowest BCUT2D eigenvalue weighted by molar-refractivity contribution is -0.113. The monoisotopic (exact) mass is 500 g/mol. The number of hydrogen-bond donors (Lipinski definition) is 1. The Bertz CT molecular complexity index is 1190. The molecule has 4 rings (SSSR count). The van der Waals surface area contributed by atoms with Gasteiger partial charge in [0.05, 0.1) is 18.4 Å². The number of thiophene rings is 1. The molecule has 2 heterocycles. The van der Waals surface area contributed by atoms with Crippen LogP contribution in [0.5, 0.6) is 5.75 Å². The molecule has 1 unspecified atom stereocenters. The Morgan fingerprint density at radius 2 is 2.00 bits per heavy atom. The molecule has 1 amide bonds. The van der Waals surface area contributed by atoms with E-state index in [0.29, 0.717) is 28.1 Å². The van der Waals surface area contributed by atoms with Gasteiger partial charge in [0.2, 0.25) is 5.91 Å². The van der Waals surface area contributed by atoms with E-state index in [1.165, 1.54) is 35.8 Å². The molecule has 1 atom stereocenters. The highest BCUT2D eigenvalue weighted by atomic mass is 32.2. The number of ether oxygens (including phenoxy) is 2. The molecule has 10 heteroatoms. The van der Waals surface area contributed by atoms with Gasteiger partial charge in [0.25, 0.3) is 0 Å². The minimum Gasteiger partial charge on any atom is -0.483 e. The lowest BCUT2D eigenvalue weighted by atomic mass is 10.1. The summed E-state index contributed by atoms with van der Waals surface area (Å²) in [5.41, 5.74) is 2.68. The van der Waals surface area contributed by atoms with Gasteiger partial charge in [-0.3, -0.25) is 4.79 Å². The van der Waals surface area contributed by atoms with Gasteiger partial charge in [-0.2, -0.15) is 0 Å². The minimum atomic E-state index is -0.403. The lowest BCUT2D eigenvalue weighted by Gasteiger charge is -2.15. The van der Waals surface area contributed by atoms with E-state index in [1.807, 2.05) is 49.6 Å². The van der Waals surface area contributed by atoms with Crippen molar-refractivity contribution in [1.82, 2.24) is 14.8 Å². The number of thioether (sulfide) groups is 1. The fraction of sp³-hybridized carbons (Fsp3) is 0.417. The van der Waals surface area contributed by atoms with Crippen molar-refractivity contribution in [3.63, 3.8) is 0 Å². The van der Waals surface area contributed by atoms with Crippen molar-refractivity contribution < 1.29 is 19.1 Å².